The number of hydrogen-bond acceptors (Lipinski definition) is 2. The predicted octanol–water partition coefficient (Wildman–Crippen LogP) is 7.64. The zero-order valence-corrected chi connectivity index (χ0v) is 18.8. The fourth-order valence-corrected chi connectivity index (χ4v) is 4.07. The standard InChI is InChI=1S/C13H18F2O.C12H22O2/c1-2-3-4-5-6-7-10-8-9-11(16)13(15)12(10)14;1-2-3-4-5-10-6-8-11(9-7-10)12(13)14/h8-9,16H,2-7H2,1H3;10-11H,2-9H2,1H3,(H,13,14)/t;10-,11-. The quantitative estimate of drug-likeness (QED) is 0.357. The maximum atomic E-state index is 13.3. The lowest BCUT2D eigenvalue weighted by atomic mass is 9.80. The summed E-state index contributed by atoms with van der Waals surface area (Å²) in [7, 11) is 0. The molecule has 1 aliphatic rings. The highest BCUT2D eigenvalue weighted by Gasteiger charge is 2.25. The smallest absolute Gasteiger partial charge is 0.306 e. The number of unbranched alkanes of at least 4 members (excludes halogenated alkanes) is 6. The Balaban J connectivity index is 0.000000303. The molecule has 1 aromatic carbocycles. The minimum absolute atomic E-state index is 0.0441. The molecule has 1 aliphatic carbocycles. The lowest BCUT2D eigenvalue weighted by Gasteiger charge is -2.25. The Morgan fingerprint density at radius 1 is 0.900 bits per heavy atom. The molecule has 1 saturated carbocycles. The number of hydrogen-bond donors (Lipinski definition) is 2. The van der Waals surface area contributed by atoms with Crippen LogP contribution in [0.4, 0.5) is 8.78 Å². The van der Waals surface area contributed by atoms with Crippen LogP contribution in [0.1, 0.15) is 103 Å². The zero-order valence-electron chi connectivity index (χ0n) is 18.8. The van der Waals surface area contributed by atoms with Crippen LogP contribution in [-0.2, 0) is 11.2 Å². The summed E-state index contributed by atoms with van der Waals surface area (Å²) in [5.41, 5.74) is 0.354. The number of carboxylic acids is 1. The van der Waals surface area contributed by atoms with Gasteiger partial charge >= 0.3 is 5.97 Å². The van der Waals surface area contributed by atoms with Gasteiger partial charge in [-0.3, -0.25) is 4.79 Å². The summed E-state index contributed by atoms with van der Waals surface area (Å²) in [6.45, 7) is 4.36. The van der Waals surface area contributed by atoms with Gasteiger partial charge in [0, 0.05) is 0 Å². The Bertz CT molecular complexity index is 611. The van der Waals surface area contributed by atoms with E-state index in [2.05, 4.69) is 13.8 Å². The van der Waals surface area contributed by atoms with Crippen LogP contribution < -0.4 is 0 Å². The van der Waals surface area contributed by atoms with Crippen LogP contribution in [0.15, 0.2) is 12.1 Å². The van der Waals surface area contributed by atoms with Crippen LogP contribution in [0, 0.1) is 23.5 Å². The van der Waals surface area contributed by atoms with Crippen LogP contribution in [0.5, 0.6) is 5.75 Å². The predicted molar refractivity (Wildman–Crippen MR) is 118 cm³/mol. The number of carboxylic acid groups (broad SMARTS) is 1. The van der Waals surface area contributed by atoms with Crippen LogP contribution in [0.3, 0.4) is 0 Å². The third kappa shape index (κ3) is 9.90. The summed E-state index contributed by atoms with van der Waals surface area (Å²) in [5, 5.41) is 17.8. The Kier molecular flexibility index (Phi) is 13.4. The summed E-state index contributed by atoms with van der Waals surface area (Å²) >= 11 is 0. The first-order valence-electron chi connectivity index (χ1n) is 11.8. The molecule has 2 N–H and O–H groups in total. The molecule has 0 heterocycles. The van der Waals surface area contributed by atoms with Gasteiger partial charge in [0.25, 0.3) is 0 Å². The lowest BCUT2D eigenvalue weighted by molar-refractivity contribution is -0.143. The van der Waals surface area contributed by atoms with Crippen molar-refractivity contribution >= 4 is 5.97 Å². The van der Waals surface area contributed by atoms with Gasteiger partial charge < -0.3 is 10.2 Å². The van der Waals surface area contributed by atoms with Crippen molar-refractivity contribution in [1.29, 1.82) is 0 Å². The lowest BCUT2D eigenvalue weighted by Crippen LogP contribution is -2.21. The average Bonchev–Trinajstić information content (AvgIpc) is 2.74. The number of benzene rings is 1. The van der Waals surface area contributed by atoms with Crippen molar-refractivity contribution < 1.29 is 23.8 Å². The van der Waals surface area contributed by atoms with Gasteiger partial charge in [0.1, 0.15) is 0 Å². The van der Waals surface area contributed by atoms with E-state index in [1.165, 1.54) is 50.7 Å². The Morgan fingerprint density at radius 2 is 1.50 bits per heavy atom. The van der Waals surface area contributed by atoms with Crippen molar-refractivity contribution in [3.05, 3.63) is 29.3 Å². The summed E-state index contributed by atoms with van der Waals surface area (Å²) in [4.78, 5) is 10.7. The van der Waals surface area contributed by atoms with Crippen molar-refractivity contribution in [1.82, 2.24) is 0 Å². The molecule has 172 valence electrons. The molecule has 0 spiro atoms. The molecule has 5 heteroatoms. The number of aryl methyl sites for hydroxylation is 1. The van der Waals surface area contributed by atoms with Gasteiger partial charge in [0.05, 0.1) is 5.92 Å². The molecule has 2 rings (SSSR count). The van der Waals surface area contributed by atoms with Gasteiger partial charge in [-0.25, -0.2) is 4.39 Å². The van der Waals surface area contributed by atoms with E-state index in [9.17, 15) is 13.6 Å². The summed E-state index contributed by atoms with van der Waals surface area (Å²) < 4.78 is 26.3. The van der Waals surface area contributed by atoms with Crippen molar-refractivity contribution in [3.63, 3.8) is 0 Å². The third-order valence-electron chi connectivity index (χ3n) is 6.10. The summed E-state index contributed by atoms with van der Waals surface area (Å²) in [6, 6.07) is 2.66. The number of phenols is 1. The minimum Gasteiger partial charge on any atom is -0.505 e. The van der Waals surface area contributed by atoms with Crippen molar-refractivity contribution in [2.45, 2.75) is 104 Å². The molecule has 0 aromatic heterocycles. The minimum atomic E-state index is -1.13. The van der Waals surface area contributed by atoms with Gasteiger partial charge in [-0.2, -0.15) is 4.39 Å². The monoisotopic (exact) mass is 426 g/mol. The molecule has 0 amide bonds. The highest BCUT2D eigenvalue weighted by molar-refractivity contribution is 5.69. The Morgan fingerprint density at radius 3 is 2.10 bits per heavy atom. The largest absolute Gasteiger partial charge is 0.505 e. The molecule has 0 bridgehead atoms. The van der Waals surface area contributed by atoms with E-state index in [4.69, 9.17) is 10.2 Å². The molecule has 0 saturated heterocycles. The molecule has 3 nitrogen and oxygen atoms in total. The summed E-state index contributed by atoms with van der Waals surface area (Å²) in [6.07, 6.45) is 15.3. The maximum Gasteiger partial charge on any atom is 0.306 e. The van der Waals surface area contributed by atoms with Gasteiger partial charge in [0.15, 0.2) is 11.6 Å². The molecular weight excluding hydrogens is 386 g/mol. The average molecular weight is 427 g/mol. The van der Waals surface area contributed by atoms with E-state index in [0.29, 0.717) is 12.0 Å². The van der Waals surface area contributed by atoms with E-state index in [-0.39, 0.29) is 5.92 Å². The maximum absolute atomic E-state index is 13.3. The second-order valence-electron chi connectivity index (χ2n) is 8.59. The highest BCUT2D eigenvalue weighted by atomic mass is 19.2. The first-order valence-corrected chi connectivity index (χ1v) is 11.8. The van der Waals surface area contributed by atoms with Crippen LogP contribution in [0.25, 0.3) is 0 Å². The first-order chi connectivity index (χ1) is 14.4. The second kappa shape index (κ2) is 15.2. The first kappa shape index (κ1) is 26.4. The molecule has 0 aliphatic heterocycles. The highest BCUT2D eigenvalue weighted by Crippen LogP contribution is 2.32. The molecule has 0 unspecified atom stereocenters. The van der Waals surface area contributed by atoms with Gasteiger partial charge in [-0.15, -0.1) is 0 Å². The third-order valence-corrected chi connectivity index (χ3v) is 6.10. The van der Waals surface area contributed by atoms with E-state index < -0.39 is 23.4 Å². The van der Waals surface area contributed by atoms with E-state index in [1.807, 2.05) is 0 Å². The number of aromatic hydroxyl groups is 1. The van der Waals surface area contributed by atoms with Crippen LogP contribution >= 0.6 is 0 Å². The van der Waals surface area contributed by atoms with Crippen molar-refractivity contribution in [2.24, 2.45) is 11.8 Å². The topological polar surface area (TPSA) is 57.5 Å². The Labute approximate surface area is 180 Å². The van der Waals surface area contributed by atoms with E-state index >= 15 is 0 Å². The number of carbonyl (C=O) groups is 1. The summed E-state index contributed by atoms with van der Waals surface area (Å²) in [5.74, 6) is -2.47. The van der Waals surface area contributed by atoms with Crippen molar-refractivity contribution in [3.8, 4) is 5.75 Å². The molecule has 30 heavy (non-hydrogen) atoms. The SMILES string of the molecule is CCCCCCCc1ccc(O)c(F)c1F.CCCCC[C@H]1CC[C@H](C(=O)O)CC1. The number of phenolic OH excluding ortho intramolecular Hbond substituents is 1. The normalized spacial score (nSPS) is 18.5. The molecule has 1 fully saturated rings. The molecular formula is C25H40F2O3. The Hall–Kier alpha value is -1.65. The molecule has 0 radical (unpaired) electrons. The fourth-order valence-electron chi connectivity index (χ4n) is 4.07. The molecule has 1 aromatic rings. The van der Waals surface area contributed by atoms with Crippen molar-refractivity contribution in [2.75, 3.05) is 0 Å². The van der Waals surface area contributed by atoms with Gasteiger partial charge in [-0.05, 0) is 56.1 Å². The van der Waals surface area contributed by atoms with Crippen LogP contribution in [0.2, 0.25) is 0 Å². The second-order valence-corrected chi connectivity index (χ2v) is 8.59. The van der Waals surface area contributed by atoms with E-state index in [1.54, 1.807) is 0 Å². The number of aliphatic carboxylic acids is 1. The molecule has 0 atom stereocenters. The number of rotatable bonds is 11. The number of halogens is 2. The zero-order chi connectivity index (χ0) is 22.4. The van der Waals surface area contributed by atoms with Gasteiger partial charge in [0.2, 0.25) is 5.82 Å². The van der Waals surface area contributed by atoms with Crippen LogP contribution in [-0.4, -0.2) is 16.2 Å². The fraction of sp³-hybridized carbons (Fsp3) is 0.720. The van der Waals surface area contributed by atoms with E-state index in [0.717, 1.165) is 50.9 Å². The van der Waals surface area contributed by atoms with Gasteiger partial charge in [-0.1, -0.05) is 71.3 Å².